The lowest BCUT2D eigenvalue weighted by Gasteiger charge is -2.18. The van der Waals surface area contributed by atoms with Gasteiger partial charge in [0.15, 0.2) is 12.2 Å². The summed E-state index contributed by atoms with van der Waals surface area (Å²) in [5.41, 5.74) is 0.640. The molecule has 0 saturated heterocycles. The molecule has 0 aliphatic heterocycles. The van der Waals surface area contributed by atoms with Crippen molar-refractivity contribution in [2.75, 3.05) is 10.6 Å². The van der Waals surface area contributed by atoms with Gasteiger partial charge in [-0.15, -0.1) is 0 Å². The Hall–Kier alpha value is -4.28. The normalized spacial score (nSPS) is 11.2. The van der Waals surface area contributed by atoms with Gasteiger partial charge in [-0.3, -0.25) is 4.68 Å². The van der Waals surface area contributed by atoms with Crippen LogP contribution in [0.25, 0.3) is 11.5 Å². The number of carbonyl (C=O) groups excluding carboxylic acids is 1. The van der Waals surface area contributed by atoms with E-state index in [2.05, 4.69) is 30.7 Å². The van der Waals surface area contributed by atoms with Crippen LogP contribution in [0.15, 0.2) is 59.9 Å². The highest BCUT2D eigenvalue weighted by Gasteiger charge is 2.16. The second-order valence-corrected chi connectivity index (χ2v) is 7.76. The molecule has 0 unspecified atom stereocenters. The van der Waals surface area contributed by atoms with Crippen LogP contribution in [0.1, 0.15) is 20.8 Å². The fraction of sp³-hybridized carbons (Fsp3) is 0.190. The molecule has 1 aromatic carbocycles. The van der Waals surface area contributed by atoms with Crippen molar-refractivity contribution in [1.29, 1.82) is 0 Å². The predicted octanol–water partition coefficient (Wildman–Crippen LogP) is 4.66. The number of carbonyl (C=O) groups is 1. The molecule has 2 amide bonds. The molecule has 0 fully saturated rings. The van der Waals surface area contributed by atoms with Crippen molar-refractivity contribution in [2.24, 2.45) is 0 Å². The monoisotopic (exact) mass is 437 g/mol. The lowest BCUT2D eigenvalue weighted by molar-refractivity contribution is 0.262. The first kappa shape index (κ1) is 21.0. The minimum Gasteiger partial charge on any atom is -0.442 e. The standard InChI is InChI=1S/C21H20FN7O3/c1-21(2,3)29-11-13(9-25-29)26-19(30)27-17-8-14(4-5-15(17)22)32-20-24-7-6-16(28-20)18-10-23-12-31-18/h4-12H,1-3H3,(H2,26,27,30). The fourth-order valence-electron chi connectivity index (χ4n) is 2.68. The molecule has 11 heteroatoms. The zero-order valence-electron chi connectivity index (χ0n) is 17.5. The van der Waals surface area contributed by atoms with E-state index in [4.69, 9.17) is 9.15 Å². The summed E-state index contributed by atoms with van der Waals surface area (Å²) in [5, 5.41) is 9.29. The number of benzene rings is 1. The zero-order valence-corrected chi connectivity index (χ0v) is 17.5. The average Bonchev–Trinajstić information content (AvgIpc) is 3.43. The molecular weight excluding hydrogens is 417 g/mol. The Morgan fingerprint density at radius 2 is 2.03 bits per heavy atom. The Morgan fingerprint density at radius 3 is 2.75 bits per heavy atom. The molecule has 3 aromatic heterocycles. The van der Waals surface area contributed by atoms with E-state index in [9.17, 15) is 9.18 Å². The van der Waals surface area contributed by atoms with E-state index in [-0.39, 0.29) is 23.0 Å². The van der Waals surface area contributed by atoms with E-state index < -0.39 is 11.8 Å². The van der Waals surface area contributed by atoms with Gasteiger partial charge < -0.3 is 19.8 Å². The topological polar surface area (TPSA) is 120 Å². The lowest BCUT2D eigenvalue weighted by Crippen LogP contribution is -2.22. The van der Waals surface area contributed by atoms with Gasteiger partial charge in [0.2, 0.25) is 0 Å². The maximum absolute atomic E-state index is 14.3. The molecule has 2 N–H and O–H groups in total. The van der Waals surface area contributed by atoms with Crippen LogP contribution in [-0.2, 0) is 5.54 Å². The Balaban J connectivity index is 1.45. The molecule has 4 rings (SSSR count). The van der Waals surface area contributed by atoms with Gasteiger partial charge in [-0.25, -0.2) is 19.2 Å². The molecule has 3 heterocycles. The van der Waals surface area contributed by atoms with Crippen molar-refractivity contribution >= 4 is 17.4 Å². The number of amides is 2. The molecule has 0 bridgehead atoms. The van der Waals surface area contributed by atoms with Crippen LogP contribution in [0.3, 0.4) is 0 Å². The van der Waals surface area contributed by atoms with Crippen molar-refractivity contribution < 1.29 is 18.3 Å². The summed E-state index contributed by atoms with van der Waals surface area (Å²) < 4.78 is 26.8. The number of ether oxygens (including phenoxy) is 1. The Labute approximate surface area is 182 Å². The summed E-state index contributed by atoms with van der Waals surface area (Å²) >= 11 is 0. The predicted molar refractivity (Wildman–Crippen MR) is 114 cm³/mol. The second-order valence-electron chi connectivity index (χ2n) is 7.76. The number of nitrogens with one attached hydrogen (secondary N) is 2. The van der Waals surface area contributed by atoms with Crippen molar-refractivity contribution in [2.45, 2.75) is 26.3 Å². The third-order valence-corrected chi connectivity index (χ3v) is 4.24. The Bertz CT molecular complexity index is 1230. The minimum atomic E-state index is -0.630. The Kier molecular flexibility index (Phi) is 5.54. The average molecular weight is 437 g/mol. The summed E-state index contributed by atoms with van der Waals surface area (Å²) in [5.74, 6) is 0.0522. The fourth-order valence-corrected chi connectivity index (χ4v) is 2.68. The van der Waals surface area contributed by atoms with Crippen LogP contribution in [0.4, 0.5) is 20.6 Å². The molecule has 0 aliphatic carbocycles. The van der Waals surface area contributed by atoms with Crippen LogP contribution in [0.5, 0.6) is 11.8 Å². The summed E-state index contributed by atoms with van der Waals surface area (Å²) in [7, 11) is 0. The third kappa shape index (κ3) is 4.89. The van der Waals surface area contributed by atoms with E-state index in [0.29, 0.717) is 17.1 Å². The molecule has 0 spiro atoms. The number of hydrogen-bond acceptors (Lipinski definition) is 7. The molecule has 0 radical (unpaired) electrons. The summed E-state index contributed by atoms with van der Waals surface area (Å²) in [4.78, 5) is 24.4. The molecule has 164 valence electrons. The van der Waals surface area contributed by atoms with Crippen molar-refractivity contribution in [3.8, 4) is 23.2 Å². The number of halogens is 1. The van der Waals surface area contributed by atoms with Gasteiger partial charge in [-0.05, 0) is 39.0 Å². The lowest BCUT2D eigenvalue weighted by atomic mass is 10.1. The van der Waals surface area contributed by atoms with Gasteiger partial charge in [0.05, 0.1) is 29.3 Å². The number of urea groups is 1. The number of nitrogens with zero attached hydrogens (tertiary/aromatic N) is 5. The highest BCUT2D eigenvalue weighted by Crippen LogP contribution is 2.26. The molecule has 0 aliphatic rings. The van der Waals surface area contributed by atoms with E-state index in [1.807, 2.05) is 20.8 Å². The van der Waals surface area contributed by atoms with Gasteiger partial charge in [0.25, 0.3) is 0 Å². The van der Waals surface area contributed by atoms with Gasteiger partial charge in [0.1, 0.15) is 17.3 Å². The zero-order chi connectivity index (χ0) is 22.7. The smallest absolute Gasteiger partial charge is 0.323 e. The molecule has 32 heavy (non-hydrogen) atoms. The highest BCUT2D eigenvalue weighted by molar-refractivity contribution is 5.99. The van der Waals surface area contributed by atoms with Crippen LogP contribution in [0, 0.1) is 5.82 Å². The van der Waals surface area contributed by atoms with Gasteiger partial charge in [-0.2, -0.15) is 10.1 Å². The van der Waals surface area contributed by atoms with E-state index in [1.54, 1.807) is 16.9 Å². The van der Waals surface area contributed by atoms with Crippen LogP contribution < -0.4 is 15.4 Å². The molecule has 0 saturated carbocycles. The molecule has 0 atom stereocenters. The van der Waals surface area contributed by atoms with Crippen molar-refractivity contribution in [1.82, 2.24) is 24.7 Å². The second kappa shape index (κ2) is 8.46. The first-order valence-electron chi connectivity index (χ1n) is 9.60. The maximum atomic E-state index is 14.3. The van der Waals surface area contributed by atoms with Crippen LogP contribution in [-0.4, -0.2) is 30.8 Å². The number of anilines is 2. The summed E-state index contributed by atoms with van der Waals surface area (Å²) in [6.45, 7) is 5.95. The number of hydrogen-bond donors (Lipinski definition) is 2. The quantitative estimate of drug-likeness (QED) is 0.466. The number of rotatable bonds is 5. The first-order chi connectivity index (χ1) is 15.3. The van der Waals surface area contributed by atoms with E-state index >= 15 is 0 Å². The maximum Gasteiger partial charge on any atom is 0.323 e. The van der Waals surface area contributed by atoms with Crippen LogP contribution in [0.2, 0.25) is 0 Å². The van der Waals surface area contributed by atoms with Crippen LogP contribution >= 0.6 is 0 Å². The third-order valence-electron chi connectivity index (χ3n) is 4.24. The SMILES string of the molecule is CC(C)(C)n1cc(NC(=O)Nc2cc(Oc3nccc(-c4cnco4)n3)ccc2F)cn1. The van der Waals surface area contributed by atoms with E-state index in [0.717, 1.165) is 0 Å². The summed E-state index contributed by atoms with van der Waals surface area (Å²) in [6.07, 6.45) is 7.49. The number of oxazole rings is 1. The minimum absolute atomic E-state index is 0.0236. The molecular formula is C21H20FN7O3. The van der Waals surface area contributed by atoms with Crippen molar-refractivity contribution in [3.63, 3.8) is 0 Å². The van der Waals surface area contributed by atoms with Gasteiger partial charge in [-0.1, -0.05) is 0 Å². The molecule has 10 nitrogen and oxygen atoms in total. The van der Waals surface area contributed by atoms with E-state index in [1.165, 1.54) is 43.2 Å². The molecule has 4 aromatic rings. The first-order valence-corrected chi connectivity index (χ1v) is 9.60. The summed E-state index contributed by atoms with van der Waals surface area (Å²) in [6, 6.07) is 4.93. The highest BCUT2D eigenvalue weighted by atomic mass is 19.1. The van der Waals surface area contributed by atoms with Gasteiger partial charge >= 0.3 is 12.0 Å². The van der Waals surface area contributed by atoms with Crippen molar-refractivity contribution in [3.05, 3.63) is 61.3 Å². The largest absolute Gasteiger partial charge is 0.442 e. The Morgan fingerprint density at radius 1 is 1.19 bits per heavy atom. The van der Waals surface area contributed by atoms with Gasteiger partial charge in [0, 0.05) is 18.5 Å². The number of aromatic nitrogens is 5.